The Kier molecular flexibility index (Phi) is 3.86. The molecule has 0 spiro atoms. The van der Waals surface area contributed by atoms with Crippen LogP contribution in [0, 0.1) is 5.41 Å². The smallest absolute Gasteiger partial charge is 0.166 e. The fourth-order valence-electron chi connectivity index (χ4n) is 2.49. The molecule has 0 amide bonds. The van der Waals surface area contributed by atoms with E-state index in [0.717, 1.165) is 23.7 Å². The lowest BCUT2D eigenvalue weighted by Gasteiger charge is -2.26. The monoisotopic (exact) mass is 264 g/mol. The zero-order valence-electron chi connectivity index (χ0n) is 10.9. The molecule has 2 rings (SSSR count). The number of nitrogens with one attached hydrogen (secondary N) is 1. The van der Waals surface area contributed by atoms with Gasteiger partial charge in [-0.05, 0) is 17.5 Å². The minimum atomic E-state index is 0.0949. The molecule has 1 aliphatic carbocycles. The molecule has 0 aromatic heterocycles. The Bertz CT molecular complexity index is 474. The number of hydrogen-bond donors (Lipinski definition) is 1. The number of hydrogen-bond acceptors (Lipinski definition) is 1. The van der Waals surface area contributed by atoms with E-state index in [4.69, 9.17) is 11.6 Å². The van der Waals surface area contributed by atoms with Gasteiger partial charge in [0.15, 0.2) is 12.3 Å². The molecule has 1 saturated carbocycles. The molecule has 1 N–H and O–H groups in total. The standard InChI is InChI=1S/C15H18ClNO/c1-15(2)8-13(7-14(18)9-15)17-10-11-3-5-12(16)6-4-11/h3-6H,7-10H2,1-2H3/p+1. The second-order valence-electron chi connectivity index (χ2n) is 5.82. The van der Waals surface area contributed by atoms with Gasteiger partial charge in [0, 0.05) is 23.4 Å². The van der Waals surface area contributed by atoms with Gasteiger partial charge in [0.1, 0.15) is 5.78 Å². The molecule has 1 aromatic carbocycles. The minimum absolute atomic E-state index is 0.0949. The van der Waals surface area contributed by atoms with Crippen LogP contribution >= 0.6 is 11.6 Å². The lowest BCUT2D eigenvalue weighted by Crippen LogP contribution is -2.72. The minimum Gasteiger partial charge on any atom is -0.299 e. The Morgan fingerprint density at radius 1 is 1.22 bits per heavy atom. The van der Waals surface area contributed by atoms with E-state index in [1.807, 2.05) is 24.3 Å². The average molecular weight is 265 g/mol. The molecule has 0 atom stereocenters. The molecule has 0 bridgehead atoms. The van der Waals surface area contributed by atoms with Crippen LogP contribution in [0.3, 0.4) is 0 Å². The summed E-state index contributed by atoms with van der Waals surface area (Å²) < 4.78 is 0. The lowest BCUT2D eigenvalue weighted by molar-refractivity contribution is -0.478. The van der Waals surface area contributed by atoms with Crippen LogP contribution in [0.4, 0.5) is 0 Å². The fraction of sp³-hybridized carbons (Fsp3) is 0.467. The van der Waals surface area contributed by atoms with Crippen LogP contribution in [0.2, 0.25) is 5.02 Å². The summed E-state index contributed by atoms with van der Waals surface area (Å²) in [5.74, 6) is 0.338. The highest BCUT2D eigenvalue weighted by atomic mass is 35.5. The molecule has 1 aromatic rings. The zero-order valence-corrected chi connectivity index (χ0v) is 11.7. The molecule has 3 heteroatoms. The Balaban J connectivity index is 2.05. The summed E-state index contributed by atoms with van der Waals surface area (Å²) in [6.07, 6.45) is 2.25. The third-order valence-electron chi connectivity index (χ3n) is 3.23. The Labute approximate surface area is 113 Å². The first kappa shape index (κ1) is 13.3. The number of rotatable bonds is 2. The summed E-state index contributed by atoms with van der Waals surface area (Å²) >= 11 is 5.85. The third-order valence-corrected chi connectivity index (χ3v) is 3.49. The van der Waals surface area contributed by atoms with Crippen LogP contribution in [0.15, 0.2) is 24.3 Å². The largest absolute Gasteiger partial charge is 0.299 e. The van der Waals surface area contributed by atoms with Crippen molar-refractivity contribution in [2.24, 2.45) is 5.41 Å². The molecule has 0 aliphatic heterocycles. The van der Waals surface area contributed by atoms with Gasteiger partial charge in [0.05, 0.1) is 6.42 Å². The van der Waals surface area contributed by atoms with Gasteiger partial charge in [-0.25, -0.2) is 4.99 Å². The number of carbonyl (C=O) groups is 1. The number of carbonyl (C=O) groups excluding carboxylic acids is 1. The molecule has 0 heterocycles. The number of ketones is 1. The Morgan fingerprint density at radius 3 is 2.50 bits per heavy atom. The van der Waals surface area contributed by atoms with Gasteiger partial charge < -0.3 is 0 Å². The number of Topliss-reactive ketones (excluding diaryl/α,β-unsaturated/α-hetero) is 1. The first-order chi connectivity index (χ1) is 8.44. The fourth-order valence-corrected chi connectivity index (χ4v) is 2.62. The van der Waals surface area contributed by atoms with Gasteiger partial charge in [-0.3, -0.25) is 4.79 Å². The van der Waals surface area contributed by atoms with Crippen molar-refractivity contribution in [3.8, 4) is 0 Å². The van der Waals surface area contributed by atoms with Gasteiger partial charge in [-0.1, -0.05) is 37.6 Å². The first-order valence-corrected chi connectivity index (χ1v) is 6.67. The van der Waals surface area contributed by atoms with Gasteiger partial charge in [0.25, 0.3) is 0 Å². The normalized spacial score (nSPS) is 21.3. The van der Waals surface area contributed by atoms with Crippen LogP contribution in [0.5, 0.6) is 0 Å². The highest BCUT2D eigenvalue weighted by Gasteiger charge is 2.32. The summed E-state index contributed by atoms with van der Waals surface area (Å²) in [5, 5.41) is 0.750. The summed E-state index contributed by atoms with van der Waals surface area (Å²) in [7, 11) is 0. The van der Waals surface area contributed by atoms with Crippen molar-refractivity contribution in [3.63, 3.8) is 0 Å². The van der Waals surface area contributed by atoms with Gasteiger partial charge in [-0.15, -0.1) is 0 Å². The summed E-state index contributed by atoms with van der Waals surface area (Å²) in [4.78, 5) is 15.1. The predicted octanol–water partition coefficient (Wildman–Crippen LogP) is 2.14. The van der Waals surface area contributed by atoms with Crippen LogP contribution in [-0.2, 0) is 11.3 Å². The van der Waals surface area contributed by atoms with E-state index in [0.29, 0.717) is 18.6 Å². The van der Waals surface area contributed by atoms with Crippen molar-refractivity contribution in [1.29, 1.82) is 0 Å². The summed E-state index contributed by atoms with van der Waals surface area (Å²) in [5.41, 5.74) is 2.44. The molecular weight excluding hydrogens is 246 g/mol. The Hall–Kier alpha value is -1.15. The van der Waals surface area contributed by atoms with E-state index in [1.165, 1.54) is 5.56 Å². The van der Waals surface area contributed by atoms with Crippen LogP contribution in [-0.4, -0.2) is 11.5 Å². The van der Waals surface area contributed by atoms with Gasteiger partial charge in [0.2, 0.25) is 0 Å². The number of halogens is 1. The maximum absolute atomic E-state index is 11.7. The quantitative estimate of drug-likeness (QED) is 0.872. The predicted molar refractivity (Wildman–Crippen MR) is 73.8 cm³/mol. The summed E-state index contributed by atoms with van der Waals surface area (Å²) in [6.45, 7) is 5.05. The van der Waals surface area contributed by atoms with Crippen LogP contribution in [0.1, 0.15) is 38.7 Å². The molecule has 2 nitrogen and oxygen atoms in total. The van der Waals surface area contributed by atoms with Crippen molar-refractivity contribution in [2.75, 3.05) is 0 Å². The Morgan fingerprint density at radius 2 is 1.89 bits per heavy atom. The lowest BCUT2D eigenvalue weighted by atomic mass is 9.76. The van der Waals surface area contributed by atoms with Crippen molar-refractivity contribution < 1.29 is 9.79 Å². The second-order valence-corrected chi connectivity index (χ2v) is 6.25. The maximum atomic E-state index is 11.7. The molecule has 96 valence electrons. The first-order valence-electron chi connectivity index (χ1n) is 6.29. The number of benzene rings is 1. The molecule has 0 radical (unpaired) electrons. The molecule has 1 aliphatic rings. The molecule has 1 fully saturated rings. The van der Waals surface area contributed by atoms with Crippen LogP contribution < -0.4 is 4.99 Å². The molecular formula is C15H19ClNO+. The topological polar surface area (TPSA) is 31.0 Å². The SMILES string of the molecule is CC1(C)CC(=O)CC(=[NH+]Cc2ccc(Cl)cc2)C1. The van der Waals surface area contributed by atoms with Crippen molar-refractivity contribution in [2.45, 2.75) is 39.7 Å². The summed E-state index contributed by atoms with van der Waals surface area (Å²) in [6, 6.07) is 7.79. The van der Waals surface area contributed by atoms with Gasteiger partial charge >= 0.3 is 0 Å². The average Bonchev–Trinajstić information content (AvgIpc) is 2.25. The van der Waals surface area contributed by atoms with Crippen LogP contribution in [0.25, 0.3) is 0 Å². The van der Waals surface area contributed by atoms with E-state index < -0.39 is 0 Å². The van der Waals surface area contributed by atoms with E-state index in [9.17, 15) is 4.79 Å². The molecule has 18 heavy (non-hydrogen) atoms. The highest BCUT2D eigenvalue weighted by Crippen LogP contribution is 2.30. The van der Waals surface area contributed by atoms with Gasteiger partial charge in [-0.2, -0.15) is 0 Å². The van der Waals surface area contributed by atoms with Crippen molar-refractivity contribution in [1.82, 2.24) is 0 Å². The van der Waals surface area contributed by atoms with E-state index in [1.54, 1.807) is 0 Å². The van der Waals surface area contributed by atoms with E-state index >= 15 is 0 Å². The molecule has 0 unspecified atom stereocenters. The third kappa shape index (κ3) is 3.67. The maximum Gasteiger partial charge on any atom is 0.166 e. The molecule has 0 saturated heterocycles. The van der Waals surface area contributed by atoms with E-state index in [2.05, 4.69) is 18.8 Å². The van der Waals surface area contributed by atoms with Crippen molar-refractivity contribution in [3.05, 3.63) is 34.9 Å². The highest BCUT2D eigenvalue weighted by molar-refractivity contribution is 6.30. The van der Waals surface area contributed by atoms with Crippen molar-refractivity contribution >= 4 is 23.1 Å². The zero-order chi connectivity index (χ0) is 13.2. The van der Waals surface area contributed by atoms with E-state index in [-0.39, 0.29) is 5.41 Å². The second kappa shape index (κ2) is 5.23.